The summed E-state index contributed by atoms with van der Waals surface area (Å²) in [6.07, 6.45) is 2.96. The lowest BCUT2D eigenvalue weighted by molar-refractivity contribution is 0.0836. The van der Waals surface area contributed by atoms with Crippen LogP contribution in [0.25, 0.3) is 0 Å². The monoisotopic (exact) mass is 391 g/mol. The smallest absolute Gasteiger partial charge is 0.200 e. The van der Waals surface area contributed by atoms with Crippen molar-refractivity contribution in [2.75, 3.05) is 13.2 Å². The van der Waals surface area contributed by atoms with Gasteiger partial charge < -0.3 is 15.2 Å². The van der Waals surface area contributed by atoms with Crippen molar-refractivity contribution >= 4 is 23.0 Å². The maximum absolute atomic E-state index is 12.2. The van der Waals surface area contributed by atoms with E-state index < -0.39 is 0 Å². The van der Waals surface area contributed by atoms with Crippen LogP contribution >= 0.6 is 0 Å². The number of nitrogens with zero attached hydrogens (tertiary/aromatic N) is 1. The van der Waals surface area contributed by atoms with E-state index in [1.165, 1.54) is 0 Å². The molecule has 1 atom stereocenters. The molecule has 1 aliphatic rings. The summed E-state index contributed by atoms with van der Waals surface area (Å²) in [5.74, 6) is 0.729. The highest BCUT2D eigenvalue weighted by atomic mass is 16.5. The number of ketones is 1. The van der Waals surface area contributed by atoms with Crippen LogP contribution in [0.5, 0.6) is 0 Å². The zero-order valence-corrected chi connectivity index (χ0v) is 16.4. The van der Waals surface area contributed by atoms with Crippen molar-refractivity contribution in [2.45, 2.75) is 25.9 Å². The molecule has 0 saturated carbocycles. The van der Waals surface area contributed by atoms with Gasteiger partial charge in [0.05, 0.1) is 17.2 Å². The molecule has 150 valence electrons. The molecule has 0 fully saturated rings. The topological polar surface area (TPSA) is 97.8 Å². The lowest BCUT2D eigenvalue weighted by Gasteiger charge is -2.23. The minimum atomic E-state index is -0.289. The van der Waals surface area contributed by atoms with E-state index in [2.05, 4.69) is 0 Å². The average molecular weight is 391 g/mol. The van der Waals surface area contributed by atoms with Crippen LogP contribution in [0, 0.1) is 5.41 Å². The number of nitrogen functional groups attached to an aromatic ring is 1. The van der Waals surface area contributed by atoms with Crippen LogP contribution < -0.4 is 5.73 Å². The van der Waals surface area contributed by atoms with Crippen molar-refractivity contribution < 1.29 is 14.3 Å². The van der Waals surface area contributed by atoms with E-state index in [1.807, 2.05) is 43.3 Å². The second kappa shape index (κ2) is 9.80. The minimum Gasteiger partial charge on any atom is -0.490 e. The van der Waals surface area contributed by atoms with Gasteiger partial charge in [-0.2, -0.15) is 0 Å². The van der Waals surface area contributed by atoms with Gasteiger partial charge in [0.25, 0.3) is 0 Å². The Morgan fingerprint density at radius 3 is 2.48 bits per heavy atom. The maximum atomic E-state index is 12.2. The molecule has 2 aromatic carbocycles. The minimum absolute atomic E-state index is 0.00762. The number of carbonyl (C=O) groups is 1. The molecule has 0 spiro atoms. The first kappa shape index (κ1) is 20.5. The number of benzene rings is 2. The van der Waals surface area contributed by atoms with E-state index >= 15 is 0 Å². The van der Waals surface area contributed by atoms with Crippen molar-refractivity contribution in [2.24, 2.45) is 10.7 Å². The highest BCUT2D eigenvalue weighted by Crippen LogP contribution is 2.23. The van der Waals surface area contributed by atoms with E-state index in [4.69, 9.17) is 25.6 Å². The van der Waals surface area contributed by atoms with Crippen LogP contribution in [-0.2, 0) is 9.47 Å². The number of Topliss-reactive ketones (excluding diaryl/α,β-unsaturated/α-hetero) is 1. The Balaban J connectivity index is 1.68. The lowest BCUT2D eigenvalue weighted by atomic mass is 10.0. The number of hydrogen-bond donors (Lipinski definition) is 2. The first-order valence-electron chi connectivity index (χ1n) is 9.62. The summed E-state index contributed by atoms with van der Waals surface area (Å²) in [7, 11) is 0. The molecule has 0 aromatic heterocycles. The van der Waals surface area contributed by atoms with Gasteiger partial charge in [-0.05, 0) is 43.7 Å². The number of aliphatic imine (C=N–C) groups is 1. The number of allylic oxidation sites excluding steroid dienone is 1. The Hall–Kier alpha value is -3.25. The van der Waals surface area contributed by atoms with Crippen LogP contribution in [0.4, 0.5) is 5.69 Å². The van der Waals surface area contributed by atoms with Crippen molar-refractivity contribution in [3.05, 3.63) is 77.6 Å². The molecule has 6 nitrogen and oxygen atoms in total. The van der Waals surface area contributed by atoms with Crippen LogP contribution in [0.3, 0.4) is 0 Å². The average Bonchev–Trinajstić information content (AvgIpc) is 2.75. The number of amidine groups is 1. The highest BCUT2D eigenvalue weighted by Gasteiger charge is 2.22. The molecule has 1 unspecified atom stereocenters. The number of ether oxygens (including phenoxy) is 2. The summed E-state index contributed by atoms with van der Waals surface area (Å²) >= 11 is 0. The number of hydrogen-bond acceptors (Lipinski definition) is 5. The summed E-state index contributed by atoms with van der Waals surface area (Å²) < 4.78 is 11.6. The Kier molecular flexibility index (Phi) is 6.92. The fourth-order valence-electron chi connectivity index (χ4n) is 3.05. The number of nitrogens with two attached hydrogens (primary N) is 1. The molecular formula is C23H25N3O3. The summed E-state index contributed by atoms with van der Waals surface area (Å²) in [6, 6.07) is 16.3. The highest BCUT2D eigenvalue weighted by molar-refractivity contribution is 5.97. The molecule has 1 aliphatic carbocycles. The van der Waals surface area contributed by atoms with E-state index in [9.17, 15) is 4.79 Å². The molecule has 0 aliphatic heterocycles. The number of nitrogens with one attached hydrogen (secondary N) is 1. The maximum Gasteiger partial charge on any atom is 0.200 e. The van der Waals surface area contributed by atoms with Crippen LogP contribution in [0.15, 0.2) is 71.4 Å². The third-order valence-electron chi connectivity index (χ3n) is 4.57. The quantitative estimate of drug-likeness (QED) is 0.403. The van der Waals surface area contributed by atoms with Crippen LogP contribution in [0.2, 0.25) is 0 Å². The predicted octanol–water partition coefficient (Wildman–Crippen LogP) is 4.03. The van der Waals surface area contributed by atoms with Gasteiger partial charge in [0.1, 0.15) is 11.9 Å². The van der Waals surface area contributed by atoms with Gasteiger partial charge in [0, 0.05) is 24.2 Å². The van der Waals surface area contributed by atoms with Gasteiger partial charge in [0.15, 0.2) is 12.4 Å². The third-order valence-corrected chi connectivity index (χ3v) is 4.57. The first-order chi connectivity index (χ1) is 14.1. The summed E-state index contributed by atoms with van der Waals surface area (Å²) in [4.78, 5) is 17.0. The predicted molar refractivity (Wildman–Crippen MR) is 114 cm³/mol. The molecule has 29 heavy (non-hydrogen) atoms. The Bertz CT molecular complexity index is 918. The molecule has 3 N–H and O–H groups in total. The van der Waals surface area contributed by atoms with E-state index in [0.29, 0.717) is 30.6 Å². The standard InChI is InChI=1S/C23H25N3O3/c1-2-28-22-14-19(29-15-21(27)16-6-4-3-5-7-16)12-13-20(22)26-18-10-8-17(9-11-18)23(24)25/h3-11,14,22H,2,12-13,15H2,1H3,(H3,24,25). The summed E-state index contributed by atoms with van der Waals surface area (Å²) in [5, 5.41) is 7.47. The van der Waals surface area contributed by atoms with Crippen LogP contribution in [-0.4, -0.2) is 36.6 Å². The van der Waals surface area contributed by atoms with E-state index in [1.54, 1.807) is 24.3 Å². The zero-order valence-electron chi connectivity index (χ0n) is 16.4. The fourth-order valence-corrected chi connectivity index (χ4v) is 3.05. The molecule has 0 heterocycles. The van der Waals surface area contributed by atoms with Gasteiger partial charge in [-0.25, -0.2) is 0 Å². The molecule has 3 rings (SSSR count). The van der Waals surface area contributed by atoms with Gasteiger partial charge >= 0.3 is 0 Å². The Labute approximate surface area is 170 Å². The first-order valence-corrected chi connectivity index (χ1v) is 9.62. The lowest BCUT2D eigenvalue weighted by Crippen LogP contribution is -2.27. The van der Waals surface area contributed by atoms with Crippen molar-refractivity contribution in [1.29, 1.82) is 5.41 Å². The van der Waals surface area contributed by atoms with Crippen molar-refractivity contribution in [1.82, 2.24) is 0 Å². The molecular weight excluding hydrogens is 366 g/mol. The molecule has 2 aromatic rings. The summed E-state index contributed by atoms with van der Waals surface area (Å²) in [6.45, 7) is 2.48. The van der Waals surface area contributed by atoms with E-state index in [-0.39, 0.29) is 24.3 Å². The Morgan fingerprint density at radius 1 is 1.10 bits per heavy atom. The fraction of sp³-hybridized carbons (Fsp3) is 0.261. The third kappa shape index (κ3) is 5.62. The molecule has 0 saturated heterocycles. The van der Waals surface area contributed by atoms with Crippen molar-refractivity contribution in [3.8, 4) is 0 Å². The number of rotatable bonds is 8. The SMILES string of the molecule is CCOC1C=C(OCC(=O)c2ccccc2)CCC1=Nc1ccc(C(=N)N)cc1. The second-order valence-corrected chi connectivity index (χ2v) is 6.65. The largest absolute Gasteiger partial charge is 0.490 e. The Morgan fingerprint density at radius 2 is 1.83 bits per heavy atom. The molecule has 0 amide bonds. The second-order valence-electron chi connectivity index (χ2n) is 6.65. The molecule has 6 heteroatoms. The zero-order chi connectivity index (χ0) is 20.6. The van der Waals surface area contributed by atoms with Gasteiger partial charge in [-0.15, -0.1) is 0 Å². The normalized spacial score (nSPS) is 17.6. The van der Waals surface area contributed by atoms with Gasteiger partial charge in [-0.3, -0.25) is 15.2 Å². The van der Waals surface area contributed by atoms with Crippen LogP contribution in [0.1, 0.15) is 35.7 Å². The van der Waals surface area contributed by atoms with Gasteiger partial charge in [-0.1, -0.05) is 30.3 Å². The van der Waals surface area contributed by atoms with E-state index in [0.717, 1.165) is 17.2 Å². The number of carbonyl (C=O) groups excluding carboxylic acids is 1. The van der Waals surface area contributed by atoms with Gasteiger partial charge in [0.2, 0.25) is 0 Å². The molecule has 0 radical (unpaired) electrons. The summed E-state index contributed by atoms with van der Waals surface area (Å²) in [5.41, 5.74) is 8.49. The molecule has 0 bridgehead atoms. The van der Waals surface area contributed by atoms with Crippen molar-refractivity contribution in [3.63, 3.8) is 0 Å².